The van der Waals surface area contributed by atoms with E-state index in [0.29, 0.717) is 6.42 Å². The fourth-order valence-corrected chi connectivity index (χ4v) is 2.73. The Morgan fingerprint density at radius 1 is 1.40 bits per heavy atom. The maximum absolute atomic E-state index is 12.0. The summed E-state index contributed by atoms with van der Waals surface area (Å²) in [6.07, 6.45) is 2.51. The lowest BCUT2D eigenvalue weighted by molar-refractivity contribution is -0.125. The Balaban J connectivity index is 1.86. The normalized spacial score (nSPS) is 16.1. The fourth-order valence-electron chi connectivity index (χ4n) is 2.32. The standard InChI is InChI=1S/C15H20BrNO3/c1-19-15-3-2-12(16)8-11(15)9-13(18)10-20-14-4-6-17-7-5-14/h2-3,8,14,17H,4-7,9-10H2,1H3. The number of halogens is 1. The summed E-state index contributed by atoms with van der Waals surface area (Å²) in [5.74, 6) is 0.823. The quantitative estimate of drug-likeness (QED) is 0.862. The lowest BCUT2D eigenvalue weighted by Crippen LogP contribution is -2.33. The number of hydrogen-bond donors (Lipinski definition) is 1. The maximum Gasteiger partial charge on any atom is 0.162 e. The predicted molar refractivity (Wildman–Crippen MR) is 81.2 cm³/mol. The topological polar surface area (TPSA) is 47.6 Å². The van der Waals surface area contributed by atoms with E-state index in [1.54, 1.807) is 7.11 Å². The Morgan fingerprint density at radius 3 is 2.85 bits per heavy atom. The van der Waals surface area contributed by atoms with Crippen molar-refractivity contribution in [3.63, 3.8) is 0 Å². The highest BCUT2D eigenvalue weighted by Crippen LogP contribution is 2.23. The van der Waals surface area contributed by atoms with E-state index in [1.807, 2.05) is 18.2 Å². The Bertz CT molecular complexity index is 458. The van der Waals surface area contributed by atoms with Gasteiger partial charge in [-0.25, -0.2) is 0 Å². The van der Waals surface area contributed by atoms with Crippen LogP contribution in [0, 0.1) is 0 Å². The summed E-state index contributed by atoms with van der Waals surface area (Å²) >= 11 is 3.41. The van der Waals surface area contributed by atoms with Gasteiger partial charge in [-0.15, -0.1) is 0 Å². The van der Waals surface area contributed by atoms with E-state index in [1.165, 1.54) is 0 Å². The van der Waals surface area contributed by atoms with Crippen molar-refractivity contribution in [1.82, 2.24) is 5.32 Å². The Kier molecular flexibility index (Phi) is 6.01. The highest BCUT2D eigenvalue weighted by atomic mass is 79.9. The van der Waals surface area contributed by atoms with E-state index in [0.717, 1.165) is 41.7 Å². The van der Waals surface area contributed by atoms with Gasteiger partial charge in [0, 0.05) is 16.5 Å². The van der Waals surface area contributed by atoms with Gasteiger partial charge in [-0.1, -0.05) is 15.9 Å². The summed E-state index contributed by atoms with van der Waals surface area (Å²) in [6.45, 7) is 2.12. The molecule has 0 spiro atoms. The molecule has 0 aromatic heterocycles. The molecule has 1 aliphatic heterocycles. The summed E-state index contributed by atoms with van der Waals surface area (Å²) in [5.41, 5.74) is 0.890. The number of nitrogens with one attached hydrogen (secondary N) is 1. The minimum Gasteiger partial charge on any atom is -0.496 e. The van der Waals surface area contributed by atoms with E-state index in [2.05, 4.69) is 21.2 Å². The van der Waals surface area contributed by atoms with Crippen LogP contribution >= 0.6 is 15.9 Å². The molecule has 0 atom stereocenters. The molecule has 1 aromatic carbocycles. The summed E-state index contributed by atoms with van der Waals surface area (Å²) in [4.78, 5) is 12.0. The van der Waals surface area contributed by atoms with Gasteiger partial charge in [0.15, 0.2) is 5.78 Å². The number of rotatable bonds is 6. The average Bonchev–Trinajstić information content (AvgIpc) is 2.46. The highest BCUT2D eigenvalue weighted by Gasteiger charge is 2.16. The van der Waals surface area contributed by atoms with E-state index < -0.39 is 0 Å². The number of hydrogen-bond acceptors (Lipinski definition) is 4. The second-order valence-electron chi connectivity index (χ2n) is 4.93. The van der Waals surface area contributed by atoms with Gasteiger partial charge in [-0.3, -0.25) is 4.79 Å². The van der Waals surface area contributed by atoms with Crippen LogP contribution in [0.4, 0.5) is 0 Å². The SMILES string of the molecule is COc1ccc(Br)cc1CC(=O)COC1CCNCC1. The van der Waals surface area contributed by atoms with Gasteiger partial charge in [0.2, 0.25) is 0 Å². The van der Waals surface area contributed by atoms with E-state index in [9.17, 15) is 4.79 Å². The molecule has 0 saturated carbocycles. The Hall–Kier alpha value is -0.910. The first kappa shape index (κ1) is 15.5. The zero-order valence-electron chi connectivity index (χ0n) is 11.7. The largest absolute Gasteiger partial charge is 0.496 e. The highest BCUT2D eigenvalue weighted by molar-refractivity contribution is 9.10. The van der Waals surface area contributed by atoms with E-state index in [-0.39, 0.29) is 18.5 Å². The number of benzene rings is 1. The summed E-state index contributed by atoms with van der Waals surface area (Å²) in [5, 5.41) is 3.28. The molecule has 1 aromatic rings. The summed E-state index contributed by atoms with van der Waals surface area (Å²) in [6, 6.07) is 5.68. The number of carbonyl (C=O) groups excluding carboxylic acids is 1. The van der Waals surface area contributed by atoms with Crippen molar-refractivity contribution >= 4 is 21.7 Å². The molecule has 1 N–H and O–H groups in total. The number of Topliss-reactive ketones (excluding diaryl/α,β-unsaturated/α-hetero) is 1. The third-order valence-electron chi connectivity index (χ3n) is 3.40. The maximum atomic E-state index is 12.0. The van der Waals surface area contributed by atoms with Gasteiger partial charge in [0.05, 0.1) is 13.2 Å². The van der Waals surface area contributed by atoms with E-state index in [4.69, 9.17) is 9.47 Å². The van der Waals surface area contributed by atoms with Crippen LogP contribution in [0.3, 0.4) is 0 Å². The fraction of sp³-hybridized carbons (Fsp3) is 0.533. The number of piperidine rings is 1. The molecule has 0 amide bonds. The second-order valence-corrected chi connectivity index (χ2v) is 5.85. The zero-order chi connectivity index (χ0) is 14.4. The van der Waals surface area contributed by atoms with Crippen LogP contribution in [0.25, 0.3) is 0 Å². The third kappa shape index (κ3) is 4.58. The van der Waals surface area contributed by atoms with Crippen molar-refractivity contribution in [3.05, 3.63) is 28.2 Å². The van der Waals surface area contributed by atoms with Gasteiger partial charge in [0.1, 0.15) is 12.4 Å². The molecule has 4 nitrogen and oxygen atoms in total. The molecule has 1 saturated heterocycles. The molecule has 5 heteroatoms. The molecule has 0 aliphatic carbocycles. The summed E-state index contributed by atoms with van der Waals surface area (Å²) in [7, 11) is 1.61. The minimum absolute atomic E-state index is 0.0833. The molecule has 1 fully saturated rings. The summed E-state index contributed by atoms with van der Waals surface area (Å²) < 4.78 is 11.9. The molecule has 1 aliphatic rings. The van der Waals surface area contributed by atoms with Crippen LogP contribution in [-0.2, 0) is 16.0 Å². The number of carbonyl (C=O) groups is 1. The predicted octanol–water partition coefficient (Wildman–Crippen LogP) is 2.34. The third-order valence-corrected chi connectivity index (χ3v) is 3.89. The molecular formula is C15H20BrNO3. The van der Waals surface area contributed by atoms with Crippen molar-refractivity contribution in [2.45, 2.75) is 25.4 Å². The number of ether oxygens (including phenoxy) is 2. The number of ketones is 1. The lowest BCUT2D eigenvalue weighted by Gasteiger charge is -2.22. The van der Waals surface area contributed by atoms with Gasteiger partial charge in [-0.05, 0) is 44.1 Å². The second kappa shape index (κ2) is 7.76. The van der Waals surface area contributed by atoms with Crippen LogP contribution < -0.4 is 10.1 Å². The van der Waals surface area contributed by atoms with Crippen molar-refractivity contribution in [1.29, 1.82) is 0 Å². The molecule has 110 valence electrons. The van der Waals surface area contributed by atoms with Crippen molar-refractivity contribution < 1.29 is 14.3 Å². The minimum atomic E-state index is 0.0833. The lowest BCUT2D eigenvalue weighted by atomic mass is 10.1. The molecule has 1 heterocycles. The van der Waals surface area contributed by atoms with Gasteiger partial charge >= 0.3 is 0 Å². The van der Waals surface area contributed by atoms with Crippen LogP contribution in [0.2, 0.25) is 0 Å². The van der Waals surface area contributed by atoms with Crippen LogP contribution in [0.1, 0.15) is 18.4 Å². The van der Waals surface area contributed by atoms with Gasteiger partial charge in [-0.2, -0.15) is 0 Å². The molecule has 0 unspecified atom stereocenters. The first-order valence-corrected chi connectivity index (χ1v) is 7.65. The Labute approximate surface area is 128 Å². The first-order valence-electron chi connectivity index (χ1n) is 6.85. The molecule has 0 bridgehead atoms. The molecule has 2 rings (SSSR count). The molecule has 0 radical (unpaired) electrons. The van der Waals surface area contributed by atoms with Gasteiger partial charge < -0.3 is 14.8 Å². The first-order chi connectivity index (χ1) is 9.69. The monoisotopic (exact) mass is 341 g/mol. The van der Waals surface area contributed by atoms with E-state index >= 15 is 0 Å². The van der Waals surface area contributed by atoms with Crippen molar-refractivity contribution in [2.75, 3.05) is 26.8 Å². The Morgan fingerprint density at radius 2 is 2.15 bits per heavy atom. The van der Waals surface area contributed by atoms with Crippen LogP contribution in [-0.4, -0.2) is 38.7 Å². The molecular weight excluding hydrogens is 322 g/mol. The van der Waals surface area contributed by atoms with Crippen LogP contribution in [0.5, 0.6) is 5.75 Å². The van der Waals surface area contributed by atoms with Crippen molar-refractivity contribution in [3.8, 4) is 5.75 Å². The van der Waals surface area contributed by atoms with Gasteiger partial charge in [0.25, 0.3) is 0 Å². The molecule has 20 heavy (non-hydrogen) atoms. The number of methoxy groups -OCH3 is 1. The van der Waals surface area contributed by atoms with Crippen molar-refractivity contribution in [2.24, 2.45) is 0 Å². The zero-order valence-corrected chi connectivity index (χ0v) is 13.2. The van der Waals surface area contributed by atoms with Crippen LogP contribution in [0.15, 0.2) is 22.7 Å². The smallest absolute Gasteiger partial charge is 0.162 e. The average molecular weight is 342 g/mol.